The average molecular weight is 851 g/mol. The third kappa shape index (κ3) is 4.65. The minimum atomic E-state index is -0.435. The summed E-state index contributed by atoms with van der Waals surface area (Å²) in [5, 5.41) is 9.59. The summed E-state index contributed by atoms with van der Waals surface area (Å²) < 4.78 is 6.82. The Labute approximate surface area is 388 Å². The van der Waals surface area contributed by atoms with Gasteiger partial charge in [0, 0.05) is 11.1 Å². The number of hydrogen-bond acceptors (Lipinski definition) is 3. The molecule has 0 radical (unpaired) electrons. The van der Waals surface area contributed by atoms with Gasteiger partial charge in [0.2, 0.25) is 11.8 Å². The van der Waals surface area contributed by atoms with E-state index in [2.05, 4.69) is 231 Å². The van der Waals surface area contributed by atoms with E-state index in [0.29, 0.717) is 11.8 Å². The molecule has 0 bridgehead atoms. The molecule has 3 nitrogen and oxygen atoms in total. The first-order valence-electron chi connectivity index (χ1n) is 23.2. The molecule has 4 aliphatic rings. The molecule has 0 fully saturated rings. The molecule has 15 rings (SSSR count). The van der Waals surface area contributed by atoms with Crippen molar-refractivity contribution in [2.45, 2.75) is 10.8 Å². The quantitative estimate of drug-likeness (QED) is 0.177. The average Bonchev–Trinajstić information content (AvgIpc) is 4.21. The molecule has 0 saturated carbocycles. The second kappa shape index (κ2) is 13.4. The van der Waals surface area contributed by atoms with Gasteiger partial charge in [0.15, 0.2) is 0 Å². The van der Waals surface area contributed by atoms with Crippen LogP contribution in [0.15, 0.2) is 235 Å². The van der Waals surface area contributed by atoms with Gasteiger partial charge in [-0.25, -0.2) is 0 Å². The van der Waals surface area contributed by atoms with Gasteiger partial charge in [-0.15, -0.1) is 10.2 Å². The summed E-state index contributed by atoms with van der Waals surface area (Å²) in [6, 6.07) is 84.6. The van der Waals surface area contributed by atoms with Crippen LogP contribution in [0.4, 0.5) is 0 Å². The fourth-order valence-corrected chi connectivity index (χ4v) is 12.8. The minimum Gasteiger partial charge on any atom is -0.416 e. The zero-order valence-corrected chi connectivity index (χ0v) is 36.2. The first kappa shape index (κ1) is 36.7. The molecule has 10 aromatic carbocycles. The van der Waals surface area contributed by atoms with E-state index in [1.165, 1.54) is 89.0 Å². The standard InChI is InChI=1S/C64H38N2O/c1-3-25-51(41(17-1)39-33-35-49-47-23-9-15-31-57(47)63(59(49)37-39)53-27-11-5-19-43(53)44-20-6-12-28-54(44)63)61-65-66-62(67-61)52-26-4-2-18-42(52)40-34-36-50-48-24-10-16-32-58(48)64(60(50)38-40)55-29-13-7-21-45(55)46-22-8-14-30-56(46)64/h1-38H. The Hall–Kier alpha value is -8.66. The second-order valence-electron chi connectivity index (χ2n) is 18.3. The summed E-state index contributed by atoms with van der Waals surface area (Å²) >= 11 is 0. The van der Waals surface area contributed by atoms with Crippen LogP contribution in [0, 0.1) is 0 Å². The van der Waals surface area contributed by atoms with Crippen LogP contribution in [0.5, 0.6) is 0 Å². The van der Waals surface area contributed by atoms with Crippen molar-refractivity contribution in [3.05, 3.63) is 275 Å². The summed E-state index contributed by atoms with van der Waals surface area (Å²) in [7, 11) is 0. The zero-order chi connectivity index (χ0) is 43.8. The Kier molecular flexibility index (Phi) is 7.36. The largest absolute Gasteiger partial charge is 0.416 e. The monoisotopic (exact) mass is 850 g/mol. The molecule has 0 amide bonds. The second-order valence-corrected chi connectivity index (χ2v) is 18.3. The highest BCUT2D eigenvalue weighted by Crippen LogP contribution is 2.65. The zero-order valence-electron chi connectivity index (χ0n) is 36.2. The first-order chi connectivity index (χ1) is 33.2. The predicted molar refractivity (Wildman–Crippen MR) is 269 cm³/mol. The molecule has 0 N–H and O–H groups in total. The van der Waals surface area contributed by atoms with Crippen LogP contribution in [-0.4, -0.2) is 10.2 Å². The highest BCUT2D eigenvalue weighted by molar-refractivity contribution is 5.98. The Bertz CT molecular complexity index is 3530. The fourth-order valence-electron chi connectivity index (χ4n) is 12.8. The lowest BCUT2D eigenvalue weighted by Gasteiger charge is -2.30. The minimum absolute atomic E-state index is 0.435. The van der Waals surface area contributed by atoms with Crippen molar-refractivity contribution in [1.29, 1.82) is 0 Å². The molecular weight excluding hydrogens is 813 g/mol. The maximum Gasteiger partial charge on any atom is 0.248 e. The molecule has 2 spiro atoms. The maximum atomic E-state index is 6.82. The number of aromatic nitrogens is 2. The van der Waals surface area contributed by atoms with Crippen LogP contribution in [0.25, 0.3) is 89.7 Å². The molecular formula is C64H38N2O. The Balaban J connectivity index is 0.857. The van der Waals surface area contributed by atoms with Crippen LogP contribution in [0.3, 0.4) is 0 Å². The third-order valence-electron chi connectivity index (χ3n) is 15.4. The van der Waals surface area contributed by atoms with Crippen molar-refractivity contribution in [2.75, 3.05) is 0 Å². The van der Waals surface area contributed by atoms with Crippen molar-refractivity contribution >= 4 is 0 Å². The van der Waals surface area contributed by atoms with E-state index in [9.17, 15) is 0 Å². The summed E-state index contributed by atoms with van der Waals surface area (Å²) in [5.74, 6) is 0.968. The summed E-state index contributed by atoms with van der Waals surface area (Å²) in [4.78, 5) is 0. The number of nitrogens with zero attached hydrogens (tertiary/aromatic N) is 2. The highest BCUT2D eigenvalue weighted by Gasteiger charge is 2.53. The lowest BCUT2D eigenvalue weighted by atomic mass is 9.70. The summed E-state index contributed by atoms with van der Waals surface area (Å²) in [5.41, 5.74) is 26.0. The molecule has 0 saturated heterocycles. The number of fused-ring (bicyclic) bond motifs is 20. The normalized spacial score (nSPS) is 14.2. The van der Waals surface area contributed by atoms with Gasteiger partial charge in [0.05, 0.1) is 10.8 Å². The first-order valence-corrected chi connectivity index (χ1v) is 23.2. The fraction of sp³-hybridized carbons (Fsp3) is 0.0312. The summed E-state index contributed by atoms with van der Waals surface area (Å²) in [6.07, 6.45) is 0. The molecule has 310 valence electrons. The summed E-state index contributed by atoms with van der Waals surface area (Å²) in [6.45, 7) is 0. The molecule has 1 heterocycles. The van der Waals surface area contributed by atoms with E-state index in [0.717, 1.165) is 33.4 Å². The van der Waals surface area contributed by atoms with E-state index in [1.54, 1.807) is 0 Å². The van der Waals surface area contributed by atoms with Crippen LogP contribution < -0.4 is 0 Å². The van der Waals surface area contributed by atoms with Crippen molar-refractivity contribution in [1.82, 2.24) is 10.2 Å². The van der Waals surface area contributed by atoms with Crippen molar-refractivity contribution in [2.24, 2.45) is 0 Å². The van der Waals surface area contributed by atoms with Gasteiger partial charge in [-0.3, -0.25) is 0 Å². The predicted octanol–water partition coefficient (Wildman–Crippen LogP) is 15.4. The van der Waals surface area contributed by atoms with Gasteiger partial charge in [0.1, 0.15) is 0 Å². The van der Waals surface area contributed by atoms with Gasteiger partial charge >= 0.3 is 0 Å². The van der Waals surface area contributed by atoms with Crippen molar-refractivity contribution in [3.8, 4) is 89.7 Å². The number of benzene rings is 10. The topological polar surface area (TPSA) is 38.9 Å². The Morgan fingerprint density at radius 1 is 0.224 bits per heavy atom. The van der Waals surface area contributed by atoms with Crippen LogP contribution in [0.1, 0.15) is 44.5 Å². The molecule has 0 unspecified atom stereocenters. The van der Waals surface area contributed by atoms with Crippen molar-refractivity contribution in [3.63, 3.8) is 0 Å². The van der Waals surface area contributed by atoms with E-state index < -0.39 is 10.8 Å². The number of rotatable bonds is 4. The maximum absolute atomic E-state index is 6.82. The van der Waals surface area contributed by atoms with E-state index in [-0.39, 0.29) is 0 Å². The van der Waals surface area contributed by atoms with E-state index in [4.69, 9.17) is 14.6 Å². The van der Waals surface area contributed by atoms with Gasteiger partial charge in [0.25, 0.3) is 0 Å². The van der Waals surface area contributed by atoms with Crippen LogP contribution in [0.2, 0.25) is 0 Å². The molecule has 1 aromatic heterocycles. The lowest BCUT2D eigenvalue weighted by molar-refractivity contribution is 0.585. The van der Waals surface area contributed by atoms with E-state index in [1.807, 2.05) is 0 Å². The smallest absolute Gasteiger partial charge is 0.248 e. The van der Waals surface area contributed by atoms with Crippen molar-refractivity contribution < 1.29 is 4.42 Å². The number of hydrogen-bond donors (Lipinski definition) is 0. The molecule has 0 atom stereocenters. The molecule has 67 heavy (non-hydrogen) atoms. The van der Waals surface area contributed by atoms with Gasteiger partial charge < -0.3 is 4.42 Å². The van der Waals surface area contributed by atoms with Crippen LogP contribution >= 0.6 is 0 Å². The highest BCUT2D eigenvalue weighted by atomic mass is 16.4. The SMILES string of the molecule is c1ccc(-c2nnc(-c3ccccc3-c3ccc4c(c3)C3(c5ccccc5-c5ccccc53)c3ccccc3-4)o2)c(-c2ccc3c(c2)C2(c4ccccc4-c4ccccc42)c2ccccc2-3)c1. The van der Waals surface area contributed by atoms with Gasteiger partial charge in [-0.2, -0.15) is 0 Å². The lowest BCUT2D eigenvalue weighted by Crippen LogP contribution is -2.25. The Morgan fingerprint density at radius 2 is 0.463 bits per heavy atom. The molecule has 0 aliphatic heterocycles. The van der Waals surface area contributed by atoms with E-state index >= 15 is 0 Å². The third-order valence-corrected chi connectivity index (χ3v) is 15.4. The molecule has 11 aromatic rings. The Morgan fingerprint density at radius 3 is 0.761 bits per heavy atom. The molecule has 4 aliphatic carbocycles. The van der Waals surface area contributed by atoms with Gasteiger partial charge in [-0.05, 0) is 136 Å². The molecule has 3 heteroatoms. The van der Waals surface area contributed by atoms with Gasteiger partial charge in [-0.1, -0.05) is 206 Å². The van der Waals surface area contributed by atoms with Crippen LogP contribution in [-0.2, 0) is 10.8 Å².